The molecule has 0 radical (unpaired) electrons. The first-order chi connectivity index (χ1) is 8.58. The number of carbonyl (C=O) groups excluding carboxylic acids is 1. The number of hydrogen-bond acceptors (Lipinski definition) is 3. The van der Waals surface area contributed by atoms with Gasteiger partial charge in [-0.1, -0.05) is 11.6 Å². The molecule has 0 saturated heterocycles. The van der Waals surface area contributed by atoms with Crippen molar-refractivity contribution in [1.82, 2.24) is 9.97 Å². The van der Waals surface area contributed by atoms with Gasteiger partial charge in [0.2, 0.25) is 0 Å². The molecule has 0 saturated carbocycles. The Morgan fingerprint density at radius 1 is 1.28 bits per heavy atom. The van der Waals surface area contributed by atoms with E-state index in [1.54, 1.807) is 24.3 Å². The van der Waals surface area contributed by atoms with Crippen LogP contribution in [0.1, 0.15) is 21.0 Å². The maximum atomic E-state index is 11.8. The zero-order chi connectivity index (χ0) is 13.1. The van der Waals surface area contributed by atoms with Crippen LogP contribution in [0.2, 0.25) is 5.02 Å². The highest BCUT2D eigenvalue weighted by Crippen LogP contribution is 2.14. The third kappa shape index (κ3) is 2.49. The molecular weight excluding hydrogens is 258 g/mol. The molecule has 0 unspecified atom stereocenters. The highest BCUT2D eigenvalue weighted by atomic mass is 35.5. The lowest BCUT2D eigenvalue weighted by Gasteiger charge is -2.03. The molecule has 0 bridgehead atoms. The fraction of sp³-hybridized carbons (Fsp3) is 0. The minimum Gasteiger partial charge on any atom is -0.477 e. The summed E-state index contributed by atoms with van der Waals surface area (Å²) < 4.78 is 0. The Kier molecular flexibility index (Phi) is 3.29. The van der Waals surface area contributed by atoms with E-state index in [9.17, 15) is 9.59 Å². The van der Waals surface area contributed by atoms with Gasteiger partial charge in [0, 0.05) is 10.7 Å². The molecule has 92 valence electrons. The van der Waals surface area contributed by atoms with Gasteiger partial charge in [0.05, 0.1) is 6.33 Å². The Morgan fingerprint density at radius 3 is 2.56 bits per heavy atom. The van der Waals surface area contributed by atoms with Crippen molar-refractivity contribution in [2.24, 2.45) is 0 Å². The summed E-state index contributed by atoms with van der Waals surface area (Å²) in [7, 11) is 0. The smallest absolute Gasteiger partial charge is 0.354 e. The van der Waals surface area contributed by atoms with Crippen LogP contribution < -0.4 is 5.32 Å². The Bertz CT molecular complexity index is 592. The lowest BCUT2D eigenvalue weighted by Crippen LogP contribution is -2.16. The number of aromatic carboxylic acids is 1. The zero-order valence-electron chi connectivity index (χ0n) is 8.98. The quantitative estimate of drug-likeness (QED) is 0.791. The van der Waals surface area contributed by atoms with Gasteiger partial charge in [-0.25, -0.2) is 9.78 Å². The number of aromatic amines is 1. The third-order valence-corrected chi connectivity index (χ3v) is 2.42. The third-order valence-electron chi connectivity index (χ3n) is 2.17. The van der Waals surface area contributed by atoms with Crippen LogP contribution in [0, 0.1) is 0 Å². The molecule has 0 aliphatic heterocycles. The Hall–Kier alpha value is -2.34. The van der Waals surface area contributed by atoms with E-state index in [0.717, 1.165) is 6.33 Å². The van der Waals surface area contributed by atoms with E-state index in [-0.39, 0.29) is 11.4 Å². The Morgan fingerprint density at radius 2 is 1.94 bits per heavy atom. The molecule has 0 aliphatic carbocycles. The van der Waals surface area contributed by atoms with Crippen LogP contribution in [0.15, 0.2) is 30.6 Å². The summed E-state index contributed by atoms with van der Waals surface area (Å²) in [6.45, 7) is 0. The number of aromatic nitrogens is 2. The first-order valence-electron chi connectivity index (χ1n) is 4.91. The second kappa shape index (κ2) is 4.89. The molecule has 0 aliphatic rings. The van der Waals surface area contributed by atoms with Crippen LogP contribution in [0.5, 0.6) is 0 Å². The molecular formula is C11H8ClN3O3. The minimum absolute atomic E-state index is 0.169. The summed E-state index contributed by atoms with van der Waals surface area (Å²) in [5.74, 6) is -1.84. The summed E-state index contributed by atoms with van der Waals surface area (Å²) in [5, 5.41) is 11.9. The highest BCUT2D eigenvalue weighted by molar-refractivity contribution is 6.30. The number of nitrogens with one attached hydrogen (secondary N) is 2. The van der Waals surface area contributed by atoms with Gasteiger partial charge in [-0.3, -0.25) is 4.79 Å². The van der Waals surface area contributed by atoms with Crippen LogP contribution in [-0.2, 0) is 0 Å². The fourth-order valence-electron chi connectivity index (χ4n) is 1.35. The molecule has 2 aromatic rings. The van der Waals surface area contributed by atoms with E-state index >= 15 is 0 Å². The highest BCUT2D eigenvalue weighted by Gasteiger charge is 2.19. The molecule has 1 amide bonds. The van der Waals surface area contributed by atoms with Crippen molar-refractivity contribution in [3.05, 3.63) is 47.0 Å². The number of nitrogens with zero attached hydrogens (tertiary/aromatic N) is 1. The van der Waals surface area contributed by atoms with E-state index in [1.165, 1.54) is 0 Å². The summed E-state index contributed by atoms with van der Waals surface area (Å²) >= 11 is 5.71. The number of carboxylic acid groups (broad SMARTS) is 1. The van der Waals surface area contributed by atoms with E-state index in [2.05, 4.69) is 15.3 Å². The average Bonchev–Trinajstić information content (AvgIpc) is 2.81. The molecule has 0 atom stereocenters. The molecule has 3 N–H and O–H groups in total. The number of anilines is 1. The van der Waals surface area contributed by atoms with E-state index in [0.29, 0.717) is 10.7 Å². The number of H-pyrrole nitrogens is 1. The van der Waals surface area contributed by atoms with Gasteiger partial charge in [-0.2, -0.15) is 0 Å². The first kappa shape index (κ1) is 12.1. The number of carbonyl (C=O) groups is 2. The summed E-state index contributed by atoms with van der Waals surface area (Å²) in [6.07, 6.45) is 1.15. The van der Waals surface area contributed by atoms with Gasteiger partial charge in [0.25, 0.3) is 5.91 Å². The number of carboxylic acids is 1. The van der Waals surface area contributed by atoms with E-state index in [1.807, 2.05) is 0 Å². The normalized spacial score (nSPS) is 10.1. The van der Waals surface area contributed by atoms with Gasteiger partial charge < -0.3 is 15.4 Å². The van der Waals surface area contributed by atoms with Crippen molar-refractivity contribution in [3.8, 4) is 0 Å². The summed E-state index contributed by atoms with van der Waals surface area (Å²) in [4.78, 5) is 28.7. The zero-order valence-corrected chi connectivity index (χ0v) is 9.73. The molecule has 1 aromatic carbocycles. The SMILES string of the molecule is O=C(Nc1ccc(Cl)cc1)c1nc[nH]c1C(=O)O. The van der Waals surface area contributed by atoms with Crippen molar-refractivity contribution in [2.75, 3.05) is 5.32 Å². The van der Waals surface area contributed by atoms with Crippen molar-refractivity contribution in [2.45, 2.75) is 0 Å². The van der Waals surface area contributed by atoms with Gasteiger partial charge in [-0.05, 0) is 24.3 Å². The topological polar surface area (TPSA) is 95.1 Å². The summed E-state index contributed by atoms with van der Waals surface area (Å²) in [5.41, 5.74) is 0.0858. The molecule has 1 heterocycles. The summed E-state index contributed by atoms with van der Waals surface area (Å²) in [6, 6.07) is 6.43. The Balaban J connectivity index is 2.19. The van der Waals surface area contributed by atoms with E-state index in [4.69, 9.17) is 16.7 Å². The standard InChI is InChI=1S/C11H8ClN3O3/c12-6-1-3-7(4-2-6)15-10(16)8-9(11(17)18)14-5-13-8/h1-5H,(H,13,14)(H,15,16)(H,17,18). The predicted octanol–water partition coefficient (Wildman–Crippen LogP) is 2.01. The molecule has 1 aromatic heterocycles. The van der Waals surface area contributed by atoms with Crippen LogP contribution in [-0.4, -0.2) is 27.0 Å². The Labute approximate surface area is 107 Å². The predicted molar refractivity (Wildman–Crippen MR) is 65.0 cm³/mol. The molecule has 7 heteroatoms. The number of rotatable bonds is 3. The van der Waals surface area contributed by atoms with Gasteiger partial charge >= 0.3 is 5.97 Å². The van der Waals surface area contributed by atoms with Crippen LogP contribution in [0.25, 0.3) is 0 Å². The van der Waals surface area contributed by atoms with Crippen molar-refractivity contribution < 1.29 is 14.7 Å². The van der Waals surface area contributed by atoms with Crippen LogP contribution in [0.4, 0.5) is 5.69 Å². The number of amides is 1. The van der Waals surface area contributed by atoms with Gasteiger partial charge in [0.1, 0.15) is 0 Å². The average molecular weight is 266 g/mol. The second-order valence-corrected chi connectivity index (χ2v) is 3.83. The molecule has 6 nitrogen and oxygen atoms in total. The number of benzene rings is 1. The molecule has 0 spiro atoms. The molecule has 0 fully saturated rings. The van der Waals surface area contributed by atoms with Crippen molar-refractivity contribution in [3.63, 3.8) is 0 Å². The maximum absolute atomic E-state index is 11.8. The molecule has 18 heavy (non-hydrogen) atoms. The van der Waals surface area contributed by atoms with Crippen LogP contribution >= 0.6 is 11.6 Å². The minimum atomic E-state index is -1.24. The molecule has 2 rings (SSSR count). The van der Waals surface area contributed by atoms with Gasteiger partial charge in [-0.15, -0.1) is 0 Å². The first-order valence-corrected chi connectivity index (χ1v) is 5.29. The monoisotopic (exact) mass is 265 g/mol. The number of imidazole rings is 1. The van der Waals surface area contributed by atoms with Crippen molar-refractivity contribution >= 4 is 29.2 Å². The largest absolute Gasteiger partial charge is 0.477 e. The fourth-order valence-corrected chi connectivity index (χ4v) is 1.48. The lowest BCUT2D eigenvalue weighted by atomic mass is 10.2. The van der Waals surface area contributed by atoms with E-state index < -0.39 is 11.9 Å². The number of halogens is 1. The second-order valence-electron chi connectivity index (χ2n) is 3.39. The van der Waals surface area contributed by atoms with Crippen molar-refractivity contribution in [1.29, 1.82) is 0 Å². The number of hydrogen-bond donors (Lipinski definition) is 3. The van der Waals surface area contributed by atoms with Gasteiger partial charge in [0.15, 0.2) is 11.4 Å². The lowest BCUT2D eigenvalue weighted by molar-refractivity contribution is 0.0686. The van der Waals surface area contributed by atoms with Crippen LogP contribution in [0.3, 0.4) is 0 Å². The maximum Gasteiger partial charge on any atom is 0.354 e.